The van der Waals surface area contributed by atoms with Crippen molar-refractivity contribution in [2.45, 2.75) is 4.90 Å². The standard InChI is InChI=1S/C20H16N4O3S/c21-28(26,27)17-9-7-15(8-10-17)23-20(25)14-6-11-19-18(12-14)22-13-24(19)16-4-2-1-3-5-16/h1-13H,(H,23,25)(H2,21,26,27). The van der Waals surface area contributed by atoms with Gasteiger partial charge in [0, 0.05) is 16.9 Å². The van der Waals surface area contributed by atoms with Crippen LogP contribution in [0.5, 0.6) is 0 Å². The lowest BCUT2D eigenvalue weighted by Crippen LogP contribution is -2.13. The van der Waals surface area contributed by atoms with Gasteiger partial charge in [-0.3, -0.25) is 9.36 Å². The summed E-state index contributed by atoms with van der Waals surface area (Å²) in [5.74, 6) is -0.320. The molecule has 1 amide bonds. The maximum Gasteiger partial charge on any atom is 0.255 e. The zero-order valence-electron chi connectivity index (χ0n) is 14.6. The summed E-state index contributed by atoms with van der Waals surface area (Å²) in [6, 6.07) is 20.7. The Bertz CT molecular complexity index is 1260. The summed E-state index contributed by atoms with van der Waals surface area (Å²) in [5, 5.41) is 7.80. The molecule has 140 valence electrons. The summed E-state index contributed by atoms with van der Waals surface area (Å²) in [7, 11) is -3.77. The summed E-state index contributed by atoms with van der Waals surface area (Å²) >= 11 is 0. The molecule has 0 atom stereocenters. The van der Waals surface area contributed by atoms with Crippen LogP contribution in [-0.4, -0.2) is 23.9 Å². The van der Waals surface area contributed by atoms with E-state index in [9.17, 15) is 13.2 Å². The monoisotopic (exact) mass is 392 g/mol. The fraction of sp³-hybridized carbons (Fsp3) is 0. The predicted octanol–water partition coefficient (Wildman–Crippen LogP) is 2.93. The van der Waals surface area contributed by atoms with Crippen molar-refractivity contribution in [2.24, 2.45) is 5.14 Å². The lowest BCUT2D eigenvalue weighted by molar-refractivity contribution is 0.102. The number of carbonyl (C=O) groups is 1. The number of nitrogens with one attached hydrogen (secondary N) is 1. The maximum absolute atomic E-state index is 12.5. The first kappa shape index (κ1) is 17.9. The fourth-order valence-electron chi connectivity index (χ4n) is 2.88. The van der Waals surface area contributed by atoms with Gasteiger partial charge in [0.05, 0.1) is 15.9 Å². The number of hydrogen-bond donors (Lipinski definition) is 2. The predicted molar refractivity (Wildman–Crippen MR) is 107 cm³/mol. The van der Waals surface area contributed by atoms with Gasteiger partial charge in [-0.1, -0.05) is 18.2 Å². The van der Waals surface area contributed by atoms with Crippen LogP contribution in [0.1, 0.15) is 10.4 Å². The van der Waals surface area contributed by atoms with Crippen molar-refractivity contribution in [3.05, 3.63) is 84.7 Å². The highest BCUT2D eigenvalue weighted by Crippen LogP contribution is 2.20. The highest BCUT2D eigenvalue weighted by atomic mass is 32.2. The van der Waals surface area contributed by atoms with Gasteiger partial charge in [-0.2, -0.15) is 0 Å². The second kappa shape index (κ2) is 6.91. The fourth-order valence-corrected chi connectivity index (χ4v) is 3.39. The van der Waals surface area contributed by atoms with E-state index in [0.717, 1.165) is 11.2 Å². The number of rotatable bonds is 4. The number of para-hydroxylation sites is 1. The third-order valence-corrected chi connectivity index (χ3v) is 5.21. The van der Waals surface area contributed by atoms with E-state index in [1.165, 1.54) is 24.3 Å². The minimum absolute atomic E-state index is 0.0154. The number of aromatic nitrogens is 2. The molecule has 0 unspecified atom stereocenters. The van der Waals surface area contributed by atoms with Gasteiger partial charge in [0.1, 0.15) is 6.33 Å². The van der Waals surface area contributed by atoms with Gasteiger partial charge in [0.25, 0.3) is 5.91 Å². The van der Waals surface area contributed by atoms with E-state index in [4.69, 9.17) is 5.14 Å². The van der Waals surface area contributed by atoms with E-state index >= 15 is 0 Å². The van der Waals surface area contributed by atoms with Crippen LogP contribution in [0, 0.1) is 0 Å². The van der Waals surface area contributed by atoms with Gasteiger partial charge in [0.2, 0.25) is 10.0 Å². The molecule has 8 heteroatoms. The van der Waals surface area contributed by atoms with Crippen LogP contribution >= 0.6 is 0 Å². The number of amides is 1. The number of imidazole rings is 1. The van der Waals surface area contributed by atoms with Crippen molar-refractivity contribution < 1.29 is 13.2 Å². The average molecular weight is 392 g/mol. The number of hydrogen-bond acceptors (Lipinski definition) is 4. The number of fused-ring (bicyclic) bond motifs is 1. The summed E-state index contributed by atoms with van der Waals surface area (Å²) in [6.07, 6.45) is 1.72. The molecule has 4 rings (SSSR count). The Morgan fingerprint density at radius 1 is 0.964 bits per heavy atom. The Kier molecular flexibility index (Phi) is 4.42. The SMILES string of the molecule is NS(=O)(=O)c1ccc(NC(=O)c2ccc3c(c2)ncn3-c2ccccc2)cc1. The van der Waals surface area contributed by atoms with Gasteiger partial charge in [0.15, 0.2) is 0 Å². The molecule has 0 bridgehead atoms. The third kappa shape index (κ3) is 3.51. The van der Waals surface area contributed by atoms with Crippen molar-refractivity contribution in [3.8, 4) is 5.69 Å². The van der Waals surface area contributed by atoms with E-state index in [1.807, 2.05) is 41.0 Å². The molecule has 3 N–H and O–H groups in total. The largest absolute Gasteiger partial charge is 0.322 e. The molecule has 0 saturated heterocycles. The molecule has 0 aliphatic carbocycles. The van der Waals surface area contributed by atoms with E-state index in [-0.39, 0.29) is 10.8 Å². The van der Waals surface area contributed by atoms with Gasteiger partial charge < -0.3 is 5.32 Å². The highest BCUT2D eigenvalue weighted by Gasteiger charge is 2.12. The van der Waals surface area contributed by atoms with Crippen LogP contribution in [-0.2, 0) is 10.0 Å². The van der Waals surface area contributed by atoms with Gasteiger partial charge in [-0.15, -0.1) is 0 Å². The molecule has 7 nitrogen and oxygen atoms in total. The number of nitrogens with zero attached hydrogens (tertiary/aromatic N) is 2. The molecule has 4 aromatic rings. The van der Waals surface area contributed by atoms with Crippen LogP contribution in [0.4, 0.5) is 5.69 Å². The Balaban J connectivity index is 1.58. The molecular formula is C20H16N4O3S. The number of carbonyl (C=O) groups excluding carboxylic acids is 1. The number of benzene rings is 3. The minimum Gasteiger partial charge on any atom is -0.322 e. The molecule has 3 aromatic carbocycles. The van der Waals surface area contributed by atoms with Crippen LogP contribution in [0.25, 0.3) is 16.7 Å². The zero-order valence-corrected chi connectivity index (χ0v) is 15.4. The Hall–Kier alpha value is -3.49. The first-order chi connectivity index (χ1) is 13.4. The average Bonchev–Trinajstić information content (AvgIpc) is 3.11. The molecule has 0 aliphatic heterocycles. The van der Waals surface area contributed by atoms with E-state index in [0.29, 0.717) is 16.8 Å². The quantitative estimate of drug-likeness (QED) is 0.557. The molecule has 0 radical (unpaired) electrons. The minimum atomic E-state index is -3.77. The van der Waals surface area contributed by atoms with Crippen molar-refractivity contribution in [1.82, 2.24) is 9.55 Å². The zero-order chi connectivity index (χ0) is 19.7. The molecular weight excluding hydrogens is 376 g/mol. The smallest absolute Gasteiger partial charge is 0.255 e. The maximum atomic E-state index is 12.5. The number of primary sulfonamides is 1. The Labute approximate surface area is 161 Å². The van der Waals surface area contributed by atoms with E-state index in [1.54, 1.807) is 18.5 Å². The molecule has 1 heterocycles. The number of anilines is 1. The molecule has 0 fully saturated rings. The second-order valence-electron chi connectivity index (χ2n) is 6.18. The Morgan fingerprint density at radius 3 is 2.36 bits per heavy atom. The van der Waals surface area contributed by atoms with E-state index < -0.39 is 10.0 Å². The lowest BCUT2D eigenvalue weighted by atomic mass is 10.1. The van der Waals surface area contributed by atoms with Crippen LogP contribution in [0.15, 0.2) is 84.0 Å². The van der Waals surface area contributed by atoms with Crippen molar-refractivity contribution in [1.29, 1.82) is 0 Å². The van der Waals surface area contributed by atoms with Crippen LogP contribution < -0.4 is 10.5 Å². The molecule has 1 aromatic heterocycles. The third-order valence-electron chi connectivity index (χ3n) is 4.28. The number of sulfonamides is 1. The first-order valence-corrected chi connectivity index (χ1v) is 9.93. The molecule has 0 aliphatic rings. The molecule has 0 saturated carbocycles. The van der Waals surface area contributed by atoms with Crippen molar-refractivity contribution >= 4 is 32.7 Å². The van der Waals surface area contributed by atoms with Gasteiger partial charge in [-0.25, -0.2) is 18.5 Å². The summed E-state index contributed by atoms with van der Waals surface area (Å²) < 4.78 is 24.5. The van der Waals surface area contributed by atoms with Crippen molar-refractivity contribution in [3.63, 3.8) is 0 Å². The molecule has 0 spiro atoms. The summed E-state index contributed by atoms with van der Waals surface area (Å²) in [6.45, 7) is 0. The molecule has 28 heavy (non-hydrogen) atoms. The van der Waals surface area contributed by atoms with Gasteiger partial charge in [-0.05, 0) is 54.6 Å². The van der Waals surface area contributed by atoms with E-state index in [2.05, 4.69) is 10.3 Å². The lowest BCUT2D eigenvalue weighted by Gasteiger charge is -2.07. The highest BCUT2D eigenvalue weighted by molar-refractivity contribution is 7.89. The summed E-state index contributed by atoms with van der Waals surface area (Å²) in [5.41, 5.74) is 3.48. The topological polar surface area (TPSA) is 107 Å². The number of nitrogens with two attached hydrogens (primary N) is 1. The van der Waals surface area contributed by atoms with Crippen LogP contribution in [0.2, 0.25) is 0 Å². The first-order valence-electron chi connectivity index (χ1n) is 8.38. The normalized spacial score (nSPS) is 11.5. The van der Waals surface area contributed by atoms with Gasteiger partial charge >= 0.3 is 0 Å². The van der Waals surface area contributed by atoms with Crippen LogP contribution in [0.3, 0.4) is 0 Å². The second-order valence-corrected chi connectivity index (χ2v) is 7.74. The Morgan fingerprint density at radius 2 is 1.68 bits per heavy atom. The van der Waals surface area contributed by atoms with Crippen molar-refractivity contribution in [2.75, 3.05) is 5.32 Å². The summed E-state index contributed by atoms with van der Waals surface area (Å²) in [4.78, 5) is 16.9.